The van der Waals surface area contributed by atoms with Crippen molar-refractivity contribution in [3.8, 4) is 11.1 Å². The number of thioether (sulfide) groups is 1. The predicted molar refractivity (Wildman–Crippen MR) is 116 cm³/mol. The van der Waals surface area contributed by atoms with Gasteiger partial charge in [0.1, 0.15) is 16.4 Å². The molecule has 1 aromatic carbocycles. The molecular weight excluding hydrogens is 408 g/mol. The number of aromatic nitrogens is 3. The van der Waals surface area contributed by atoms with E-state index in [4.69, 9.17) is 4.74 Å². The van der Waals surface area contributed by atoms with Gasteiger partial charge in [-0.1, -0.05) is 49.0 Å². The summed E-state index contributed by atoms with van der Waals surface area (Å²) in [6.07, 6.45) is 0.785. The van der Waals surface area contributed by atoms with Gasteiger partial charge in [0.05, 0.1) is 12.9 Å². The van der Waals surface area contributed by atoms with Crippen LogP contribution >= 0.6 is 23.1 Å². The van der Waals surface area contributed by atoms with Crippen LogP contribution in [0.3, 0.4) is 0 Å². The first kappa shape index (κ1) is 21.1. The van der Waals surface area contributed by atoms with Gasteiger partial charge in [0.15, 0.2) is 5.16 Å². The normalized spacial score (nSPS) is 10.7. The van der Waals surface area contributed by atoms with Gasteiger partial charge >= 0.3 is 5.97 Å². The number of aryl methyl sites for hydroxylation is 1. The van der Waals surface area contributed by atoms with Crippen LogP contribution in [-0.2, 0) is 22.5 Å². The third-order valence-electron chi connectivity index (χ3n) is 4.28. The van der Waals surface area contributed by atoms with Crippen molar-refractivity contribution in [3.63, 3.8) is 0 Å². The maximum atomic E-state index is 12.5. The third-order valence-corrected chi connectivity index (χ3v) is 6.14. The van der Waals surface area contributed by atoms with E-state index in [0.29, 0.717) is 15.7 Å². The molecular formula is C20H22N4O3S2. The van der Waals surface area contributed by atoms with Gasteiger partial charge in [0, 0.05) is 23.9 Å². The molecule has 7 nitrogen and oxygen atoms in total. The molecule has 152 valence electrons. The number of thiophene rings is 1. The van der Waals surface area contributed by atoms with Gasteiger partial charge in [-0.25, -0.2) is 4.79 Å². The zero-order valence-corrected chi connectivity index (χ0v) is 18.1. The number of rotatable bonds is 8. The summed E-state index contributed by atoms with van der Waals surface area (Å²) in [5.41, 5.74) is 2.00. The van der Waals surface area contributed by atoms with Crippen LogP contribution in [0.5, 0.6) is 0 Å². The molecule has 0 radical (unpaired) electrons. The van der Waals surface area contributed by atoms with Gasteiger partial charge in [-0.05, 0) is 12.5 Å². The van der Waals surface area contributed by atoms with Crippen molar-refractivity contribution < 1.29 is 14.3 Å². The highest BCUT2D eigenvalue weighted by Gasteiger charge is 2.22. The van der Waals surface area contributed by atoms with Crippen molar-refractivity contribution in [2.45, 2.75) is 32.0 Å². The molecule has 0 fully saturated rings. The molecule has 1 N–H and O–H groups in total. The van der Waals surface area contributed by atoms with Crippen molar-refractivity contribution in [1.29, 1.82) is 0 Å². The number of carbonyl (C=O) groups is 2. The first-order chi connectivity index (χ1) is 14.1. The second-order valence-corrected chi connectivity index (χ2v) is 7.87. The number of benzene rings is 1. The molecule has 0 unspecified atom stereocenters. The Balaban J connectivity index is 1.76. The van der Waals surface area contributed by atoms with Crippen LogP contribution in [0, 0.1) is 0 Å². The first-order valence-corrected chi connectivity index (χ1v) is 11.0. The van der Waals surface area contributed by atoms with E-state index >= 15 is 0 Å². The smallest absolute Gasteiger partial charge is 0.341 e. The van der Waals surface area contributed by atoms with Crippen molar-refractivity contribution in [2.24, 2.45) is 0 Å². The van der Waals surface area contributed by atoms with Crippen molar-refractivity contribution >= 4 is 40.0 Å². The fourth-order valence-corrected chi connectivity index (χ4v) is 4.68. The van der Waals surface area contributed by atoms with E-state index in [-0.39, 0.29) is 11.7 Å². The van der Waals surface area contributed by atoms with E-state index < -0.39 is 5.97 Å². The summed E-state index contributed by atoms with van der Waals surface area (Å²) in [5, 5.41) is 14.2. The Hall–Kier alpha value is -2.65. The van der Waals surface area contributed by atoms with Crippen LogP contribution in [0.25, 0.3) is 11.1 Å². The summed E-state index contributed by atoms with van der Waals surface area (Å²) < 4.78 is 6.94. The minimum absolute atomic E-state index is 0.168. The fraction of sp³-hybridized carbons (Fsp3) is 0.300. The molecule has 1 amide bonds. The molecule has 0 aliphatic carbocycles. The van der Waals surface area contributed by atoms with E-state index in [1.165, 1.54) is 30.2 Å². The summed E-state index contributed by atoms with van der Waals surface area (Å²) in [4.78, 5) is 24.9. The highest BCUT2D eigenvalue weighted by molar-refractivity contribution is 7.99. The van der Waals surface area contributed by atoms with Crippen LogP contribution in [0.2, 0.25) is 0 Å². The largest absolute Gasteiger partial charge is 0.465 e. The van der Waals surface area contributed by atoms with Crippen molar-refractivity contribution in [2.75, 3.05) is 18.2 Å². The summed E-state index contributed by atoms with van der Waals surface area (Å²) in [6, 6.07) is 9.54. The van der Waals surface area contributed by atoms with Gasteiger partial charge in [0.2, 0.25) is 5.91 Å². The van der Waals surface area contributed by atoms with Crippen molar-refractivity contribution in [1.82, 2.24) is 14.8 Å². The summed E-state index contributed by atoms with van der Waals surface area (Å²) in [5.74, 6) is 0.368. The van der Waals surface area contributed by atoms with Gasteiger partial charge in [-0.2, -0.15) is 0 Å². The highest BCUT2D eigenvalue weighted by atomic mass is 32.2. The SMILES string of the molecule is CCc1nnc(SCC(=O)Nc2scc(-c3ccccc3)c2C(=O)OC)n1CC. The monoisotopic (exact) mass is 430 g/mol. The number of anilines is 1. The maximum Gasteiger partial charge on any atom is 0.341 e. The lowest BCUT2D eigenvalue weighted by Crippen LogP contribution is -2.16. The number of carbonyl (C=O) groups excluding carboxylic acids is 2. The van der Waals surface area contributed by atoms with Crippen LogP contribution < -0.4 is 5.32 Å². The molecule has 3 aromatic rings. The fourth-order valence-electron chi connectivity index (χ4n) is 2.88. The standard InChI is InChI=1S/C20H22N4O3S2/c1-4-15-22-23-20(24(15)5-2)29-12-16(25)21-18-17(19(26)27-3)14(11-28-18)13-9-7-6-8-10-13/h6-11H,4-5,12H2,1-3H3,(H,21,25). The number of nitrogens with one attached hydrogen (secondary N) is 1. The Morgan fingerprint density at radius 3 is 2.62 bits per heavy atom. The number of methoxy groups -OCH3 is 1. The summed E-state index contributed by atoms with van der Waals surface area (Å²) >= 11 is 2.63. The Morgan fingerprint density at radius 2 is 1.97 bits per heavy atom. The molecule has 0 bridgehead atoms. The minimum Gasteiger partial charge on any atom is -0.465 e. The van der Waals surface area contributed by atoms with Crippen molar-refractivity contribution in [3.05, 3.63) is 47.1 Å². The summed E-state index contributed by atoms with van der Waals surface area (Å²) in [7, 11) is 1.33. The molecule has 3 rings (SSSR count). The second-order valence-electron chi connectivity index (χ2n) is 6.04. The first-order valence-electron chi connectivity index (χ1n) is 9.18. The number of esters is 1. The lowest BCUT2D eigenvalue weighted by Gasteiger charge is -2.08. The van der Waals surface area contributed by atoms with Gasteiger partial charge in [0.25, 0.3) is 0 Å². The van der Waals surface area contributed by atoms with E-state index in [9.17, 15) is 9.59 Å². The van der Waals surface area contributed by atoms with Crippen LogP contribution in [0.4, 0.5) is 5.00 Å². The lowest BCUT2D eigenvalue weighted by molar-refractivity contribution is -0.113. The van der Waals surface area contributed by atoms with E-state index in [1.807, 2.05) is 54.1 Å². The molecule has 0 aliphatic heterocycles. The quantitative estimate of drug-likeness (QED) is 0.428. The van der Waals surface area contributed by atoms with Crippen LogP contribution in [0.15, 0.2) is 40.9 Å². The number of ether oxygens (including phenoxy) is 1. The number of hydrogen-bond acceptors (Lipinski definition) is 7. The Kier molecular flexibility index (Phi) is 7.05. The van der Waals surface area contributed by atoms with Crippen LogP contribution in [-0.4, -0.2) is 39.5 Å². The Labute approximate surface area is 177 Å². The molecule has 0 spiro atoms. The Morgan fingerprint density at radius 1 is 1.21 bits per heavy atom. The van der Waals surface area contributed by atoms with E-state index in [0.717, 1.165) is 29.9 Å². The molecule has 0 aliphatic rings. The van der Waals surface area contributed by atoms with Gasteiger partial charge < -0.3 is 14.6 Å². The molecule has 0 saturated carbocycles. The number of hydrogen-bond donors (Lipinski definition) is 1. The van der Waals surface area contributed by atoms with E-state index in [1.54, 1.807) is 0 Å². The minimum atomic E-state index is -0.480. The summed E-state index contributed by atoms with van der Waals surface area (Å²) in [6.45, 7) is 4.79. The van der Waals surface area contributed by atoms with Crippen LogP contribution in [0.1, 0.15) is 30.0 Å². The van der Waals surface area contributed by atoms with Gasteiger partial charge in [-0.3, -0.25) is 4.79 Å². The molecule has 2 heterocycles. The third kappa shape index (κ3) is 4.68. The lowest BCUT2D eigenvalue weighted by atomic mass is 10.0. The maximum absolute atomic E-state index is 12.5. The molecule has 0 atom stereocenters. The topological polar surface area (TPSA) is 86.1 Å². The molecule has 2 aromatic heterocycles. The second kappa shape index (κ2) is 9.71. The highest BCUT2D eigenvalue weighted by Crippen LogP contribution is 2.36. The Bertz CT molecular complexity index is 999. The zero-order valence-electron chi connectivity index (χ0n) is 16.5. The average molecular weight is 431 g/mol. The number of amides is 1. The molecule has 9 heteroatoms. The number of nitrogens with zero attached hydrogens (tertiary/aromatic N) is 3. The zero-order chi connectivity index (χ0) is 20.8. The molecule has 0 saturated heterocycles. The predicted octanol–water partition coefficient (Wildman–Crippen LogP) is 4.11. The molecule has 29 heavy (non-hydrogen) atoms. The van der Waals surface area contributed by atoms with Gasteiger partial charge in [-0.15, -0.1) is 21.5 Å². The van der Waals surface area contributed by atoms with E-state index in [2.05, 4.69) is 15.5 Å². The average Bonchev–Trinajstić information content (AvgIpc) is 3.35.